The van der Waals surface area contributed by atoms with Crippen LogP contribution in [0.4, 0.5) is 0 Å². The van der Waals surface area contributed by atoms with Crippen LogP contribution >= 0.6 is 24.0 Å². The minimum absolute atomic E-state index is 0. The first-order chi connectivity index (χ1) is 11.1. The van der Waals surface area contributed by atoms with Crippen molar-refractivity contribution in [2.75, 3.05) is 32.8 Å². The molecule has 0 bridgehead atoms. The fraction of sp³-hybridized carbons (Fsp3) is 0.611. The van der Waals surface area contributed by atoms with Crippen LogP contribution in [-0.4, -0.2) is 44.4 Å². The largest absolute Gasteiger partial charge is 0.492 e. The molecular formula is C18H30IN3O2. The molecule has 1 unspecified atom stereocenters. The Labute approximate surface area is 162 Å². The SMILES string of the molecule is CCNC(=NCC1(C)CCCO1)NCCOc1cccc(C)c1.I. The summed E-state index contributed by atoms with van der Waals surface area (Å²) in [5, 5.41) is 6.56. The Balaban J connectivity index is 0.00000288. The zero-order valence-electron chi connectivity index (χ0n) is 14.9. The van der Waals surface area contributed by atoms with Crippen LogP contribution in [0.3, 0.4) is 0 Å². The minimum Gasteiger partial charge on any atom is -0.492 e. The maximum Gasteiger partial charge on any atom is 0.191 e. The lowest BCUT2D eigenvalue weighted by Gasteiger charge is -2.21. The van der Waals surface area contributed by atoms with E-state index in [0.29, 0.717) is 19.7 Å². The summed E-state index contributed by atoms with van der Waals surface area (Å²) in [6, 6.07) is 8.08. The highest BCUT2D eigenvalue weighted by molar-refractivity contribution is 14.0. The van der Waals surface area contributed by atoms with Gasteiger partial charge in [-0.3, -0.25) is 4.99 Å². The predicted molar refractivity (Wildman–Crippen MR) is 110 cm³/mol. The second kappa shape index (κ2) is 10.8. The highest BCUT2D eigenvalue weighted by atomic mass is 127. The summed E-state index contributed by atoms with van der Waals surface area (Å²) in [6.07, 6.45) is 2.20. The van der Waals surface area contributed by atoms with Crippen molar-refractivity contribution in [1.29, 1.82) is 0 Å². The summed E-state index contributed by atoms with van der Waals surface area (Å²) >= 11 is 0. The second-order valence-corrected chi connectivity index (χ2v) is 6.19. The molecule has 1 atom stereocenters. The van der Waals surface area contributed by atoms with Gasteiger partial charge < -0.3 is 20.1 Å². The Morgan fingerprint density at radius 3 is 2.88 bits per heavy atom. The number of guanidine groups is 1. The lowest BCUT2D eigenvalue weighted by atomic mass is 10.0. The first-order valence-corrected chi connectivity index (χ1v) is 8.47. The van der Waals surface area contributed by atoms with E-state index in [-0.39, 0.29) is 29.6 Å². The summed E-state index contributed by atoms with van der Waals surface area (Å²) < 4.78 is 11.5. The average molecular weight is 447 g/mol. The Kier molecular flexibility index (Phi) is 9.43. The van der Waals surface area contributed by atoms with Gasteiger partial charge in [-0.1, -0.05) is 12.1 Å². The second-order valence-electron chi connectivity index (χ2n) is 6.19. The Morgan fingerprint density at radius 2 is 2.21 bits per heavy atom. The number of hydrogen-bond acceptors (Lipinski definition) is 3. The van der Waals surface area contributed by atoms with Gasteiger partial charge in [0.25, 0.3) is 0 Å². The first kappa shape index (κ1) is 21.0. The summed E-state index contributed by atoms with van der Waals surface area (Å²) in [7, 11) is 0. The number of benzene rings is 1. The van der Waals surface area contributed by atoms with Crippen LogP contribution in [0.15, 0.2) is 29.3 Å². The highest BCUT2D eigenvalue weighted by Crippen LogP contribution is 2.24. The quantitative estimate of drug-likeness (QED) is 0.292. The molecule has 1 aliphatic rings. The molecule has 1 heterocycles. The maximum absolute atomic E-state index is 5.78. The van der Waals surface area contributed by atoms with Gasteiger partial charge in [0.05, 0.1) is 18.7 Å². The average Bonchev–Trinajstić information content (AvgIpc) is 2.96. The first-order valence-electron chi connectivity index (χ1n) is 8.47. The van der Waals surface area contributed by atoms with Crippen LogP contribution in [0.2, 0.25) is 0 Å². The third-order valence-electron chi connectivity index (χ3n) is 3.87. The van der Waals surface area contributed by atoms with Gasteiger partial charge in [-0.05, 0) is 51.3 Å². The molecule has 136 valence electrons. The van der Waals surface area contributed by atoms with Crippen LogP contribution < -0.4 is 15.4 Å². The number of ether oxygens (including phenoxy) is 2. The van der Waals surface area contributed by atoms with E-state index in [1.54, 1.807) is 0 Å². The number of nitrogens with zero attached hydrogens (tertiary/aromatic N) is 1. The van der Waals surface area contributed by atoms with E-state index in [9.17, 15) is 0 Å². The molecular weight excluding hydrogens is 417 g/mol. The standard InChI is InChI=1S/C18H29N3O2.HI/c1-4-19-17(21-14-18(3)9-6-11-23-18)20-10-12-22-16-8-5-7-15(2)13-16;/h5,7-8,13H,4,6,9-12,14H2,1-3H3,(H2,19,20,21);1H. The third kappa shape index (κ3) is 7.25. The topological polar surface area (TPSA) is 54.9 Å². The van der Waals surface area contributed by atoms with E-state index in [2.05, 4.69) is 42.5 Å². The van der Waals surface area contributed by atoms with Crippen molar-refractivity contribution in [2.45, 2.75) is 39.2 Å². The van der Waals surface area contributed by atoms with Crippen LogP contribution in [-0.2, 0) is 4.74 Å². The molecule has 1 fully saturated rings. The molecule has 1 aliphatic heterocycles. The molecule has 2 rings (SSSR count). The minimum atomic E-state index is -0.111. The van der Waals surface area contributed by atoms with E-state index in [0.717, 1.165) is 37.7 Å². The molecule has 6 heteroatoms. The van der Waals surface area contributed by atoms with Gasteiger partial charge >= 0.3 is 0 Å². The lowest BCUT2D eigenvalue weighted by molar-refractivity contribution is 0.0283. The molecule has 0 radical (unpaired) electrons. The normalized spacial score (nSPS) is 20.4. The molecule has 0 aliphatic carbocycles. The van der Waals surface area contributed by atoms with Gasteiger partial charge in [0.15, 0.2) is 5.96 Å². The molecule has 0 aromatic heterocycles. The lowest BCUT2D eigenvalue weighted by Crippen LogP contribution is -2.40. The molecule has 5 nitrogen and oxygen atoms in total. The fourth-order valence-electron chi connectivity index (χ4n) is 2.59. The number of nitrogens with one attached hydrogen (secondary N) is 2. The Bertz CT molecular complexity index is 517. The van der Waals surface area contributed by atoms with Crippen LogP contribution in [0, 0.1) is 6.92 Å². The summed E-state index contributed by atoms with van der Waals surface area (Å²) in [5.41, 5.74) is 1.09. The molecule has 0 spiro atoms. The van der Waals surface area contributed by atoms with Gasteiger partial charge in [-0.2, -0.15) is 0 Å². The van der Waals surface area contributed by atoms with Crippen LogP contribution in [0.5, 0.6) is 5.75 Å². The van der Waals surface area contributed by atoms with E-state index in [1.807, 2.05) is 18.2 Å². The molecule has 0 amide bonds. The zero-order chi connectivity index (χ0) is 16.5. The van der Waals surface area contributed by atoms with Crippen molar-refractivity contribution in [3.63, 3.8) is 0 Å². The Hall–Kier alpha value is -1.02. The third-order valence-corrected chi connectivity index (χ3v) is 3.87. The van der Waals surface area contributed by atoms with E-state index in [1.165, 1.54) is 5.56 Å². The summed E-state index contributed by atoms with van der Waals surface area (Å²) in [4.78, 5) is 4.64. The van der Waals surface area contributed by atoms with E-state index < -0.39 is 0 Å². The summed E-state index contributed by atoms with van der Waals surface area (Å²) in [5.74, 6) is 1.72. The fourth-order valence-corrected chi connectivity index (χ4v) is 2.59. The van der Waals surface area contributed by atoms with Crippen LogP contribution in [0.1, 0.15) is 32.3 Å². The van der Waals surface area contributed by atoms with Gasteiger partial charge in [0.1, 0.15) is 12.4 Å². The van der Waals surface area contributed by atoms with Gasteiger partial charge in [0.2, 0.25) is 0 Å². The maximum atomic E-state index is 5.78. The highest BCUT2D eigenvalue weighted by Gasteiger charge is 2.29. The number of rotatable bonds is 7. The molecule has 24 heavy (non-hydrogen) atoms. The molecule has 1 saturated heterocycles. The van der Waals surface area contributed by atoms with Crippen molar-refractivity contribution < 1.29 is 9.47 Å². The van der Waals surface area contributed by atoms with Gasteiger partial charge in [-0.25, -0.2) is 0 Å². The molecule has 0 saturated carbocycles. The van der Waals surface area contributed by atoms with Crippen molar-refractivity contribution >= 4 is 29.9 Å². The van der Waals surface area contributed by atoms with Crippen molar-refractivity contribution in [1.82, 2.24) is 10.6 Å². The smallest absolute Gasteiger partial charge is 0.191 e. The number of aryl methyl sites for hydroxylation is 1. The number of hydrogen-bond donors (Lipinski definition) is 2. The molecule has 1 aromatic carbocycles. The van der Waals surface area contributed by atoms with Gasteiger partial charge in [0, 0.05) is 13.2 Å². The van der Waals surface area contributed by atoms with Crippen molar-refractivity contribution in [2.24, 2.45) is 4.99 Å². The summed E-state index contributed by atoms with van der Waals surface area (Å²) in [6.45, 7) is 9.93. The van der Waals surface area contributed by atoms with E-state index in [4.69, 9.17) is 9.47 Å². The van der Waals surface area contributed by atoms with Crippen LogP contribution in [0.25, 0.3) is 0 Å². The molecule has 2 N–H and O–H groups in total. The molecule has 1 aromatic rings. The Morgan fingerprint density at radius 1 is 1.38 bits per heavy atom. The van der Waals surface area contributed by atoms with Crippen molar-refractivity contribution in [3.05, 3.63) is 29.8 Å². The van der Waals surface area contributed by atoms with Gasteiger partial charge in [-0.15, -0.1) is 24.0 Å². The zero-order valence-corrected chi connectivity index (χ0v) is 17.3. The number of halogens is 1. The van der Waals surface area contributed by atoms with Crippen molar-refractivity contribution in [3.8, 4) is 5.75 Å². The van der Waals surface area contributed by atoms with E-state index >= 15 is 0 Å². The predicted octanol–water partition coefficient (Wildman–Crippen LogP) is 3.12. The monoisotopic (exact) mass is 447 g/mol. The number of aliphatic imine (C=N–C) groups is 1.